The fourth-order valence-electron chi connectivity index (χ4n) is 2.13. The van der Waals surface area contributed by atoms with Gasteiger partial charge < -0.3 is 15.2 Å². The fraction of sp³-hybridized carbons (Fsp3) is 0.357. The molecule has 5 heteroatoms. The number of aromatic nitrogens is 2. The van der Waals surface area contributed by atoms with Gasteiger partial charge >= 0.3 is 0 Å². The third-order valence-electron chi connectivity index (χ3n) is 3.05. The Morgan fingerprint density at radius 3 is 2.68 bits per heavy atom. The van der Waals surface area contributed by atoms with Crippen molar-refractivity contribution in [3.05, 3.63) is 23.9 Å². The number of H-pyrrole nitrogens is 1. The van der Waals surface area contributed by atoms with Crippen molar-refractivity contribution in [3.63, 3.8) is 0 Å². The van der Waals surface area contributed by atoms with Crippen LogP contribution in [0.3, 0.4) is 0 Å². The number of ether oxygens (including phenoxy) is 2. The lowest BCUT2D eigenvalue weighted by Crippen LogP contribution is -1.95. The van der Waals surface area contributed by atoms with E-state index in [1.54, 1.807) is 14.2 Å². The highest BCUT2D eigenvalue weighted by Crippen LogP contribution is 2.37. The number of aryl methyl sites for hydroxylation is 1. The lowest BCUT2D eigenvalue weighted by atomic mass is 10.0. The average molecular weight is 261 g/mol. The number of nitrogens with zero attached hydrogens (tertiary/aromatic N) is 1. The number of nitrogens with two attached hydrogens (primary N) is 1. The molecule has 0 radical (unpaired) electrons. The average Bonchev–Trinajstić information content (AvgIpc) is 2.79. The van der Waals surface area contributed by atoms with Gasteiger partial charge in [0, 0.05) is 17.3 Å². The Labute approximate surface area is 112 Å². The third-order valence-corrected chi connectivity index (χ3v) is 3.05. The van der Waals surface area contributed by atoms with Crippen molar-refractivity contribution in [2.24, 2.45) is 0 Å². The van der Waals surface area contributed by atoms with Crippen LogP contribution in [0.5, 0.6) is 11.5 Å². The zero-order chi connectivity index (χ0) is 13.8. The summed E-state index contributed by atoms with van der Waals surface area (Å²) in [5.41, 5.74) is 8.85. The van der Waals surface area contributed by atoms with Crippen LogP contribution in [0, 0.1) is 0 Å². The van der Waals surface area contributed by atoms with E-state index in [0.29, 0.717) is 5.82 Å². The molecule has 0 aliphatic heterocycles. The van der Waals surface area contributed by atoms with Crippen molar-refractivity contribution in [2.45, 2.75) is 19.8 Å². The zero-order valence-electron chi connectivity index (χ0n) is 11.5. The van der Waals surface area contributed by atoms with E-state index in [-0.39, 0.29) is 0 Å². The molecule has 3 N–H and O–H groups in total. The van der Waals surface area contributed by atoms with Gasteiger partial charge in [0.15, 0.2) is 5.82 Å². The quantitative estimate of drug-likeness (QED) is 0.867. The van der Waals surface area contributed by atoms with Crippen molar-refractivity contribution in [1.82, 2.24) is 10.2 Å². The maximum atomic E-state index is 5.97. The summed E-state index contributed by atoms with van der Waals surface area (Å²) in [6.07, 6.45) is 1.92. The first-order valence-electron chi connectivity index (χ1n) is 6.26. The predicted molar refractivity (Wildman–Crippen MR) is 75.5 cm³/mol. The van der Waals surface area contributed by atoms with Crippen molar-refractivity contribution in [2.75, 3.05) is 20.0 Å². The van der Waals surface area contributed by atoms with Gasteiger partial charge in [-0.25, -0.2) is 0 Å². The molecule has 102 valence electrons. The number of anilines is 1. The summed E-state index contributed by atoms with van der Waals surface area (Å²) >= 11 is 0. The molecular formula is C14H19N3O2. The molecule has 0 bridgehead atoms. The summed E-state index contributed by atoms with van der Waals surface area (Å²) in [4.78, 5) is 0. The Morgan fingerprint density at radius 2 is 2.05 bits per heavy atom. The van der Waals surface area contributed by atoms with E-state index in [2.05, 4.69) is 17.1 Å². The number of nitrogens with one attached hydrogen (secondary N) is 1. The summed E-state index contributed by atoms with van der Waals surface area (Å²) in [7, 11) is 3.26. The topological polar surface area (TPSA) is 73.2 Å². The van der Waals surface area contributed by atoms with Crippen molar-refractivity contribution in [1.29, 1.82) is 0 Å². The standard InChI is InChI=1S/C14H19N3O2/c1-4-5-11-13(14(15)17-16-11)10-7-6-9(18-2)8-12(10)19-3/h6-8H,4-5H2,1-3H3,(H3,15,16,17). The molecule has 0 saturated heterocycles. The zero-order valence-corrected chi connectivity index (χ0v) is 11.5. The summed E-state index contributed by atoms with van der Waals surface area (Å²) in [5.74, 6) is 1.97. The number of nitrogen functional groups attached to an aromatic ring is 1. The summed E-state index contributed by atoms with van der Waals surface area (Å²) in [5, 5.41) is 7.09. The predicted octanol–water partition coefficient (Wildman–Crippen LogP) is 2.63. The minimum atomic E-state index is 0.493. The van der Waals surface area contributed by atoms with Crippen LogP contribution in [0.15, 0.2) is 18.2 Å². The molecule has 0 aliphatic rings. The monoisotopic (exact) mass is 261 g/mol. The minimum absolute atomic E-state index is 0.493. The van der Waals surface area contributed by atoms with E-state index >= 15 is 0 Å². The highest BCUT2D eigenvalue weighted by atomic mass is 16.5. The molecule has 0 unspecified atom stereocenters. The first-order chi connectivity index (χ1) is 9.21. The number of methoxy groups -OCH3 is 2. The van der Waals surface area contributed by atoms with Gasteiger partial charge in [-0.05, 0) is 18.6 Å². The van der Waals surface area contributed by atoms with Crippen LogP contribution in [0.2, 0.25) is 0 Å². The SMILES string of the molecule is CCCc1[nH]nc(N)c1-c1ccc(OC)cc1OC. The summed E-state index contributed by atoms with van der Waals surface area (Å²) < 4.78 is 10.6. The van der Waals surface area contributed by atoms with Gasteiger partial charge in [0.25, 0.3) is 0 Å². The normalized spacial score (nSPS) is 10.5. The second-order valence-corrected chi connectivity index (χ2v) is 4.28. The Balaban J connectivity index is 2.54. The highest BCUT2D eigenvalue weighted by molar-refractivity contribution is 5.81. The van der Waals surface area contributed by atoms with Crippen LogP contribution < -0.4 is 15.2 Å². The maximum absolute atomic E-state index is 5.97. The largest absolute Gasteiger partial charge is 0.497 e. The molecule has 0 amide bonds. The molecule has 1 heterocycles. The van der Waals surface area contributed by atoms with Crippen LogP contribution in [0.1, 0.15) is 19.0 Å². The van der Waals surface area contributed by atoms with E-state index in [0.717, 1.165) is 41.2 Å². The van der Waals surface area contributed by atoms with Gasteiger partial charge in [-0.2, -0.15) is 5.10 Å². The van der Waals surface area contributed by atoms with Gasteiger partial charge in [-0.3, -0.25) is 5.10 Å². The van der Waals surface area contributed by atoms with Crippen molar-refractivity contribution < 1.29 is 9.47 Å². The Kier molecular flexibility index (Phi) is 3.94. The van der Waals surface area contributed by atoms with Crippen molar-refractivity contribution >= 4 is 5.82 Å². The summed E-state index contributed by atoms with van der Waals surface area (Å²) in [6.45, 7) is 2.12. The highest BCUT2D eigenvalue weighted by Gasteiger charge is 2.17. The first-order valence-corrected chi connectivity index (χ1v) is 6.26. The molecule has 5 nitrogen and oxygen atoms in total. The van der Waals surface area contributed by atoms with Gasteiger partial charge in [0.2, 0.25) is 0 Å². The van der Waals surface area contributed by atoms with Crippen LogP contribution in [0.4, 0.5) is 5.82 Å². The molecule has 0 spiro atoms. The molecule has 0 aliphatic carbocycles. The van der Waals surface area contributed by atoms with E-state index in [1.165, 1.54) is 0 Å². The fourth-order valence-corrected chi connectivity index (χ4v) is 2.13. The molecule has 1 aromatic carbocycles. The maximum Gasteiger partial charge on any atom is 0.153 e. The molecule has 0 atom stereocenters. The molecule has 1 aromatic heterocycles. The van der Waals surface area contributed by atoms with Gasteiger partial charge in [0.1, 0.15) is 11.5 Å². The Morgan fingerprint density at radius 1 is 1.26 bits per heavy atom. The van der Waals surface area contributed by atoms with Gasteiger partial charge in [0.05, 0.1) is 19.8 Å². The second kappa shape index (κ2) is 5.65. The molecule has 0 fully saturated rings. The van der Waals surface area contributed by atoms with Gasteiger partial charge in [-0.15, -0.1) is 0 Å². The number of rotatable bonds is 5. The smallest absolute Gasteiger partial charge is 0.153 e. The first kappa shape index (κ1) is 13.3. The minimum Gasteiger partial charge on any atom is -0.497 e. The molecular weight excluding hydrogens is 242 g/mol. The number of benzene rings is 1. The van der Waals surface area contributed by atoms with E-state index in [1.807, 2.05) is 18.2 Å². The number of hydrogen-bond donors (Lipinski definition) is 2. The Hall–Kier alpha value is -2.17. The van der Waals surface area contributed by atoms with E-state index < -0.39 is 0 Å². The Bertz CT molecular complexity index is 564. The van der Waals surface area contributed by atoms with Gasteiger partial charge in [-0.1, -0.05) is 13.3 Å². The molecule has 2 rings (SSSR count). The molecule has 2 aromatic rings. The molecule has 19 heavy (non-hydrogen) atoms. The number of aromatic amines is 1. The second-order valence-electron chi connectivity index (χ2n) is 4.28. The lowest BCUT2D eigenvalue weighted by molar-refractivity contribution is 0.395. The number of hydrogen-bond acceptors (Lipinski definition) is 4. The summed E-state index contributed by atoms with van der Waals surface area (Å²) in [6, 6.07) is 5.68. The van der Waals surface area contributed by atoms with Crippen LogP contribution >= 0.6 is 0 Å². The van der Waals surface area contributed by atoms with E-state index in [9.17, 15) is 0 Å². The lowest BCUT2D eigenvalue weighted by Gasteiger charge is -2.11. The van der Waals surface area contributed by atoms with Crippen LogP contribution in [0.25, 0.3) is 11.1 Å². The third kappa shape index (κ3) is 2.50. The van der Waals surface area contributed by atoms with E-state index in [4.69, 9.17) is 15.2 Å². The van der Waals surface area contributed by atoms with Crippen LogP contribution in [-0.2, 0) is 6.42 Å². The van der Waals surface area contributed by atoms with Crippen LogP contribution in [-0.4, -0.2) is 24.4 Å². The molecule has 0 saturated carbocycles. The van der Waals surface area contributed by atoms with Crippen molar-refractivity contribution in [3.8, 4) is 22.6 Å².